The summed E-state index contributed by atoms with van der Waals surface area (Å²) in [6, 6.07) is 88.4. The molecule has 0 atom stereocenters. The molecule has 4 aliphatic heterocycles. The van der Waals surface area contributed by atoms with E-state index in [0.717, 1.165) is 57.1 Å². The first-order valence-electron chi connectivity index (χ1n) is 25.2. The van der Waals surface area contributed by atoms with E-state index in [1.807, 2.05) is 84.2 Å². The Balaban J connectivity index is 0.989. The summed E-state index contributed by atoms with van der Waals surface area (Å²) < 4.78 is 13.6. The number of fused-ring (bicyclic) bond motifs is 11. The molecule has 0 aliphatic carbocycles. The van der Waals surface area contributed by atoms with Crippen LogP contribution in [0.2, 0.25) is 0 Å². The molecule has 12 aromatic rings. The molecule has 0 N–H and O–H groups in total. The van der Waals surface area contributed by atoms with E-state index in [1.54, 1.807) is 0 Å². The molecule has 0 fully saturated rings. The van der Waals surface area contributed by atoms with E-state index in [4.69, 9.17) is 9.47 Å². The predicted octanol–water partition coefficient (Wildman–Crippen LogP) is 14.3. The standard InChI is InChI=1S/C66H40B2N2O2S2/c1-4-22-47(23-5-1)69-58-40-62-56(68-55-32-44-19-13-15-21-46(44)34-61(55)73-63-37-52(38-64(74-62)66(63)68)72-50-26-8-3-9-27-50)39-54(58)67-53-31-43-18-12-14-20-45(43)33-57(53)70(48-29-28-41-16-10-11-17-42(41)30-48)60-36-51(35-59(69)65(60)67)71-49-24-6-2-7-25-49/h1-40H. The molecule has 16 rings (SSSR count). The zero-order chi connectivity index (χ0) is 48.4. The van der Waals surface area contributed by atoms with Gasteiger partial charge in [0, 0.05) is 65.8 Å². The van der Waals surface area contributed by atoms with Crippen molar-refractivity contribution in [2.24, 2.45) is 0 Å². The third-order valence-corrected chi connectivity index (χ3v) is 17.6. The first kappa shape index (κ1) is 42.0. The van der Waals surface area contributed by atoms with E-state index in [1.165, 1.54) is 84.7 Å². The minimum atomic E-state index is -0.121. The van der Waals surface area contributed by atoms with Crippen molar-refractivity contribution >= 4 is 136 Å². The fourth-order valence-corrected chi connectivity index (χ4v) is 14.6. The van der Waals surface area contributed by atoms with Crippen molar-refractivity contribution in [1.82, 2.24) is 0 Å². The van der Waals surface area contributed by atoms with Crippen LogP contribution < -0.4 is 52.1 Å². The summed E-state index contributed by atoms with van der Waals surface area (Å²) in [4.78, 5) is 9.99. The number of anilines is 6. The molecule has 344 valence electrons. The molecule has 0 saturated heterocycles. The van der Waals surface area contributed by atoms with Crippen molar-refractivity contribution in [1.29, 1.82) is 0 Å². The average Bonchev–Trinajstić information content (AvgIpc) is 3.54. The molecule has 74 heavy (non-hydrogen) atoms. The van der Waals surface area contributed by atoms with E-state index in [0.29, 0.717) is 0 Å². The molecule has 12 aromatic carbocycles. The first-order valence-corrected chi connectivity index (χ1v) is 26.8. The lowest BCUT2D eigenvalue weighted by molar-refractivity contribution is 0.480. The van der Waals surface area contributed by atoms with Crippen LogP contribution >= 0.6 is 23.5 Å². The number of para-hydroxylation sites is 3. The highest BCUT2D eigenvalue weighted by Crippen LogP contribution is 2.49. The van der Waals surface area contributed by atoms with E-state index in [9.17, 15) is 0 Å². The van der Waals surface area contributed by atoms with Gasteiger partial charge in [0.1, 0.15) is 23.0 Å². The Labute approximate surface area is 438 Å². The first-order chi connectivity index (χ1) is 36.6. The van der Waals surface area contributed by atoms with Crippen molar-refractivity contribution in [3.8, 4) is 23.0 Å². The highest BCUT2D eigenvalue weighted by molar-refractivity contribution is 8.01. The van der Waals surface area contributed by atoms with Gasteiger partial charge in [0.05, 0.1) is 0 Å². The summed E-state index contributed by atoms with van der Waals surface area (Å²) >= 11 is 3.74. The van der Waals surface area contributed by atoms with Crippen molar-refractivity contribution < 1.29 is 9.47 Å². The molecular formula is C66H40B2N2O2S2. The highest BCUT2D eigenvalue weighted by Gasteiger charge is 2.47. The Morgan fingerprint density at radius 2 is 0.716 bits per heavy atom. The lowest BCUT2D eigenvalue weighted by Crippen LogP contribution is -2.64. The minimum absolute atomic E-state index is 0.00497. The van der Waals surface area contributed by atoms with Crippen molar-refractivity contribution in [3.63, 3.8) is 0 Å². The summed E-state index contributed by atoms with van der Waals surface area (Å²) in [7, 11) is 0. The molecule has 0 spiro atoms. The van der Waals surface area contributed by atoms with Crippen LogP contribution in [0.15, 0.2) is 262 Å². The zero-order valence-corrected chi connectivity index (χ0v) is 41.4. The molecule has 8 heteroatoms. The van der Waals surface area contributed by atoms with E-state index in [2.05, 4.69) is 192 Å². The zero-order valence-electron chi connectivity index (χ0n) is 39.8. The highest BCUT2D eigenvalue weighted by atomic mass is 32.2. The number of nitrogens with zero attached hydrogens (tertiary/aromatic N) is 2. The summed E-state index contributed by atoms with van der Waals surface area (Å²) in [5, 5.41) is 7.32. The smallest absolute Gasteiger partial charge is 0.252 e. The fourth-order valence-electron chi connectivity index (χ4n) is 12.1. The van der Waals surface area contributed by atoms with Gasteiger partial charge in [-0.05, 0) is 133 Å². The molecule has 4 heterocycles. The summed E-state index contributed by atoms with van der Waals surface area (Å²) in [6.45, 7) is -0.126. The van der Waals surface area contributed by atoms with Crippen LogP contribution in [0.1, 0.15) is 0 Å². The van der Waals surface area contributed by atoms with E-state index in [-0.39, 0.29) is 13.4 Å². The maximum absolute atomic E-state index is 6.95. The Kier molecular flexibility index (Phi) is 9.36. The number of hydrogen-bond donors (Lipinski definition) is 0. The normalized spacial score (nSPS) is 13.5. The summed E-state index contributed by atoms with van der Waals surface area (Å²) in [6.07, 6.45) is 0. The van der Waals surface area contributed by atoms with Gasteiger partial charge >= 0.3 is 0 Å². The van der Waals surface area contributed by atoms with Crippen LogP contribution in [-0.2, 0) is 0 Å². The molecule has 4 nitrogen and oxygen atoms in total. The maximum Gasteiger partial charge on any atom is 0.252 e. The number of ether oxygens (including phenoxy) is 2. The minimum Gasteiger partial charge on any atom is -0.457 e. The molecule has 0 bridgehead atoms. The lowest BCUT2D eigenvalue weighted by atomic mass is 9.31. The molecular weight excluding hydrogens is 938 g/mol. The third-order valence-electron chi connectivity index (χ3n) is 15.3. The van der Waals surface area contributed by atoms with Gasteiger partial charge in [-0.15, -0.1) is 0 Å². The largest absolute Gasteiger partial charge is 0.457 e. The van der Waals surface area contributed by atoms with Crippen LogP contribution in [-0.4, -0.2) is 13.4 Å². The van der Waals surface area contributed by atoms with E-state index >= 15 is 0 Å². The van der Waals surface area contributed by atoms with Gasteiger partial charge in [-0.1, -0.05) is 186 Å². The third kappa shape index (κ3) is 6.61. The number of benzene rings is 12. The second-order valence-electron chi connectivity index (χ2n) is 19.6. The molecule has 0 saturated carbocycles. The van der Waals surface area contributed by atoms with Crippen LogP contribution in [0.3, 0.4) is 0 Å². The van der Waals surface area contributed by atoms with Gasteiger partial charge in [-0.3, -0.25) is 0 Å². The van der Waals surface area contributed by atoms with Crippen LogP contribution in [0.5, 0.6) is 23.0 Å². The topological polar surface area (TPSA) is 24.9 Å². The van der Waals surface area contributed by atoms with E-state index < -0.39 is 0 Å². The molecule has 0 amide bonds. The van der Waals surface area contributed by atoms with Crippen molar-refractivity contribution in [2.75, 3.05) is 9.80 Å². The second-order valence-corrected chi connectivity index (χ2v) is 21.8. The Bertz CT molecular complexity index is 4310. The van der Waals surface area contributed by atoms with Gasteiger partial charge in [0.2, 0.25) is 6.71 Å². The Morgan fingerprint density at radius 3 is 1.35 bits per heavy atom. The Morgan fingerprint density at radius 1 is 0.270 bits per heavy atom. The van der Waals surface area contributed by atoms with Crippen LogP contribution in [0.4, 0.5) is 34.1 Å². The quantitative estimate of drug-likeness (QED) is 0.154. The number of rotatable bonds is 6. The SMILES string of the molecule is c1ccc(Oc2cc3c4c(c2)Sc2cc5ccccc5cc2B4c2cc4c(cc2S3)N(c2ccccc2)c2cc(Oc3ccccc3)cc3c2B4c2cc4ccccc4cc2N3c2ccc3ccccc3c2)cc1. The average molecular weight is 979 g/mol. The van der Waals surface area contributed by atoms with Crippen molar-refractivity contribution in [3.05, 3.63) is 243 Å². The van der Waals surface area contributed by atoms with Crippen LogP contribution in [0.25, 0.3) is 32.3 Å². The van der Waals surface area contributed by atoms with Gasteiger partial charge in [0.25, 0.3) is 6.71 Å². The molecule has 0 aromatic heterocycles. The predicted molar refractivity (Wildman–Crippen MR) is 312 cm³/mol. The maximum atomic E-state index is 6.95. The van der Waals surface area contributed by atoms with Gasteiger partial charge in [-0.2, -0.15) is 0 Å². The Hall–Kier alpha value is -8.55. The molecule has 4 aliphatic rings. The molecule has 0 unspecified atom stereocenters. The molecule has 0 radical (unpaired) electrons. The van der Waals surface area contributed by atoms with Crippen LogP contribution in [0, 0.1) is 0 Å². The van der Waals surface area contributed by atoms with Gasteiger partial charge < -0.3 is 19.3 Å². The van der Waals surface area contributed by atoms with Gasteiger partial charge in [0.15, 0.2) is 0 Å². The summed E-state index contributed by atoms with van der Waals surface area (Å²) in [5.74, 6) is 3.22. The van der Waals surface area contributed by atoms with Gasteiger partial charge in [-0.25, -0.2) is 0 Å². The number of hydrogen-bond acceptors (Lipinski definition) is 6. The fraction of sp³-hybridized carbons (Fsp3) is 0. The summed E-state index contributed by atoms with van der Waals surface area (Å²) in [5.41, 5.74) is 14.5. The second kappa shape index (κ2) is 16.5. The van der Waals surface area contributed by atoms with Crippen molar-refractivity contribution in [2.45, 2.75) is 19.6 Å². The lowest BCUT2D eigenvalue weighted by Gasteiger charge is -2.45. The monoisotopic (exact) mass is 978 g/mol.